The van der Waals surface area contributed by atoms with Gasteiger partial charge in [0, 0.05) is 6.54 Å². The number of hydrogen-bond acceptors (Lipinski definition) is 3. The smallest absolute Gasteiger partial charge is 0.322 e. The molecule has 4 nitrogen and oxygen atoms in total. The van der Waals surface area contributed by atoms with Crippen LogP contribution in [0.3, 0.4) is 0 Å². The summed E-state index contributed by atoms with van der Waals surface area (Å²) < 4.78 is 5.10. The Morgan fingerprint density at radius 3 is 1.88 bits per heavy atom. The second-order valence-electron chi connectivity index (χ2n) is 4.76. The summed E-state index contributed by atoms with van der Waals surface area (Å²) in [6, 6.07) is 0. The molecule has 0 aliphatic carbocycles. The number of rotatable bonds is 6. The van der Waals surface area contributed by atoms with Crippen molar-refractivity contribution in [1.82, 2.24) is 5.32 Å². The number of ether oxygens (including phenoxy) is 1. The zero-order valence-electron chi connectivity index (χ0n) is 11.8. The molecule has 1 N–H and O–H groups in total. The maximum Gasteiger partial charge on any atom is 0.322 e. The number of nitrogens with one attached hydrogen (secondary N) is 1. The molecule has 0 aliphatic heterocycles. The van der Waals surface area contributed by atoms with Gasteiger partial charge < -0.3 is 10.1 Å². The molecule has 0 rings (SSSR count). The molecule has 0 atom stereocenters. The summed E-state index contributed by atoms with van der Waals surface area (Å²) in [5.74, 6) is -0.861. The molecule has 17 heavy (non-hydrogen) atoms. The molecule has 0 heterocycles. The van der Waals surface area contributed by atoms with Crippen molar-refractivity contribution < 1.29 is 14.3 Å². The van der Waals surface area contributed by atoms with E-state index in [2.05, 4.69) is 5.32 Å². The molecule has 0 bridgehead atoms. The summed E-state index contributed by atoms with van der Waals surface area (Å²) >= 11 is 0. The first-order valence-electron chi connectivity index (χ1n) is 6.31. The molecule has 0 radical (unpaired) electrons. The highest BCUT2D eigenvalue weighted by atomic mass is 16.5. The molecule has 0 aromatic heterocycles. The van der Waals surface area contributed by atoms with Gasteiger partial charge in [0.25, 0.3) is 0 Å². The molecule has 0 aromatic rings. The molecule has 100 valence electrons. The van der Waals surface area contributed by atoms with Crippen LogP contribution >= 0.6 is 0 Å². The van der Waals surface area contributed by atoms with E-state index in [1.165, 1.54) is 0 Å². The van der Waals surface area contributed by atoms with Gasteiger partial charge in [0.2, 0.25) is 5.91 Å². The molecule has 1 amide bonds. The number of carbonyl (C=O) groups excluding carboxylic acids is 2. The normalized spacial score (nSPS) is 11.8. The van der Waals surface area contributed by atoms with Gasteiger partial charge in [-0.3, -0.25) is 9.59 Å². The Kier molecular flexibility index (Phi) is 6.21. The third kappa shape index (κ3) is 2.99. The lowest BCUT2D eigenvalue weighted by molar-refractivity contribution is -0.168. The number of amides is 1. The summed E-state index contributed by atoms with van der Waals surface area (Å²) in [5.41, 5.74) is -1.09. The summed E-state index contributed by atoms with van der Waals surface area (Å²) in [6.07, 6.45) is 0. The third-order valence-electron chi connectivity index (χ3n) is 3.15. The lowest BCUT2D eigenvalue weighted by Gasteiger charge is -2.36. The number of esters is 1. The van der Waals surface area contributed by atoms with E-state index in [4.69, 9.17) is 4.74 Å². The fourth-order valence-corrected chi connectivity index (χ4v) is 2.31. The highest BCUT2D eigenvalue weighted by Crippen LogP contribution is 2.37. The Morgan fingerprint density at radius 2 is 1.59 bits per heavy atom. The molecule has 0 saturated carbocycles. The van der Waals surface area contributed by atoms with Crippen LogP contribution in [-0.2, 0) is 14.3 Å². The second kappa shape index (κ2) is 6.62. The van der Waals surface area contributed by atoms with Crippen molar-refractivity contribution in [2.24, 2.45) is 17.3 Å². The largest absolute Gasteiger partial charge is 0.465 e. The zero-order valence-corrected chi connectivity index (χ0v) is 11.8. The van der Waals surface area contributed by atoms with E-state index in [9.17, 15) is 9.59 Å². The summed E-state index contributed by atoms with van der Waals surface area (Å²) in [5, 5.41) is 2.75. The third-order valence-corrected chi connectivity index (χ3v) is 3.15. The standard InChI is InChI=1S/C13H25NO3/c1-7-14-11(15)13(9(3)4,10(5)6)12(16)17-8-2/h9-10H,7-8H2,1-6H3,(H,14,15). The Bertz CT molecular complexity index is 244. The fraction of sp³-hybridized carbons (Fsp3) is 0.846. The minimum absolute atomic E-state index is 0.104. The van der Waals surface area contributed by atoms with Gasteiger partial charge in [0.15, 0.2) is 5.41 Å². The Balaban J connectivity index is 5.43. The van der Waals surface area contributed by atoms with E-state index in [1.807, 2.05) is 34.6 Å². The van der Waals surface area contributed by atoms with Crippen LogP contribution in [0.4, 0.5) is 0 Å². The van der Waals surface area contributed by atoms with Crippen molar-refractivity contribution >= 4 is 11.9 Å². The molecule has 0 saturated heterocycles. The van der Waals surface area contributed by atoms with E-state index in [-0.39, 0.29) is 17.7 Å². The maximum atomic E-state index is 12.3. The summed E-state index contributed by atoms with van der Waals surface area (Å²) in [7, 11) is 0. The van der Waals surface area contributed by atoms with Gasteiger partial charge in [0.1, 0.15) is 0 Å². The summed E-state index contributed by atoms with van der Waals surface area (Å²) in [4.78, 5) is 24.4. The van der Waals surface area contributed by atoms with Crippen LogP contribution in [-0.4, -0.2) is 25.0 Å². The van der Waals surface area contributed by atoms with E-state index in [0.717, 1.165) is 0 Å². The predicted molar refractivity (Wildman–Crippen MR) is 67.4 cm³/mol. The predicted octanol–water partition coefficient (Wildman–Crippen LogP) is 1.98. The van der Waals surface area contributed by atoms with Crippen molar-refractivity contribution in [2.45, 2.75) is 41.5 Å². The van der Waals surface area contributed by atoms with Crippen LogP contribution in [0.1, 0.15) is 41.5 Å². The first-order valence-corrected chi connectivity index (χ1v) is 6.31. The lowest BCUT2D eigenvalue weighted by Crippen LogP contribution is -2.54. The minimum atomic E-state index is -1.09. The molecular formula is C13H25NO3. The number of carbonyl (C=O) groups is 2. The van der Waals surface area contributed by atoms with E-state index >= 15 is 0 Å². The van der Waals surface area contributed by atoms with Crippen molar-refractivity contribution in [1.29, 1.82) is 0 Å². The molecule has 0 spiro atoms. The SMILES string of the molecule is CCNC(=O)C(C(=O)OCC)(C(C)C)C(C)C. The summed E-state index contributed by atoms with van der Waals surface area (Å²) in [6.45, 7) is 11.9. The molecule has 0 unspecified atom stereocenters. The van der Waals surface area contributed by atoms with E-state index in [1.54, 1.807) is 6.92 Å². The lowest BCUT2D eigenvalue weighted by atomic mass is 9.68. The van der Waals surface area contributed by atoms with Crippen molar-refractivity contribution in [3.8, 4) is 0 Å². The quantitative estimate of drug-likeness (QED) is 0.573. The molecule has 0 fully saturated rings. The number of hydrogen-bond donors (Lipinski definition) is 1. The van der Waals surface area contributed by atoms with Crippen LogP contribution in [0.5, 0.6) is 0 Å². The highest BCUT2D eigenvalue weighted by molar-refractivity contribution is 6.03. The first-order chi connectivity index (χ1) is 7.85. The van der Waals surface area contributed by atoms with E-state index < -0.39 is 11.4 Å². The molecule has 0 aromatic carbocycles. The van der Waals surface area contributed by atoms with Gasteiger partial charge in [0.05, 0.1) is 6.61 Å². The topological polar surface area (TPSA) is 55.4 Å². The van der Waals surface area contributed by atoms with Gasteiger partial charge >= 0.3 is 5.97 Å². The van der Waals surface area contributed by atoms with Crippen LogP contribution in [0.2, 0.25) is 0 Å². The first kappa shape index (κ1) is 15.9. The minimum Gasteiger partial charge on any atom is -0.465 e. The Labute approximate surface area is 104 Å². The highest BCUT2D eigenvalue weighted by Gasteiger charge is 2.52. The molecule has 4 heteroatoms. The molecule has 0 aliphatic rings. The van der Waals surface area contributed by atoms with Crippen LogP contribution in [0, 0.1) is 17.3 Å². The van der Waals surface area contributed by atoms with Gasteiger partial charge in [-0.2, -0.15) is 0 Å². The maximum absolute atomic E-state index is 12.3. The average Bonchev–Trinajstić information content (AvgIpc) is 2.17. The monoisotopic (exact) mass is 243 g/mol. The Hall–Kier alpha value is -1.06. The van der Waals surface area contributed by atoms with Crippen LogP contribution < -0.4 is 5.32 Å². The van der Waals surface area contributed by atoms with Gasteiger partial charge in [-0.05, 0) is 25.7 Å². The second-order valence-corrected chi connectivity index (χ2v) is 4.76. The Morgan fingerprint density at radius 1 is 1.12 bits per heavy atom. The molecular weight excluding hydrogens is 218 g/mol. The van der Waals surface area contributed by atoms with Gasteiger partial charge in [-0.25, -0.2) is 0 Å². The van der Waals surface area contributed by atoms with Crippen LogP contribution in [0.25, 0.3) is 0 Å². The van der Waals surface area contributed by atoms with Crippen LogP contribution in [0.15, 0.2) is 0 Å². The fourth-order valence-electron chi connectivity index (χ4n) is 2.31. The van der Waals surface area contributed by atoms with Crippen molar-refractivity contribution in [2.75, 3.05) is 13.2 Å². The van der Waals surface area contributed by atoms with E-state index in [0.29, 0.717) is 13.2 Å². The zero-order chi connectivity index (χ0) is 13.6. The van der Waals surface area contributed by atoms with Crippen molar-refractivity contribution in [3.63, 3.8) is 0 Å². The van der Waals surface area contributed by atoms with Crippen molar-refractivity contribution in [3.05, 3.63) is 0 Å². The van der Waals surface area contributed by atoms with Gasteiger partial charge in [-0.1, -0.05) is 27.7 Å². The van der Waals surface area contributed by atoms with Gasteiger partial charge in [-0.15, -0.1) is 0 Å². The average molecular weight is 243 g/mol.